The predicted molar refractivity (Wildman–Crippen MR) is 96.4 cm³/mol. The number of carbonyl (C=O) groups is 1. The first-order valence-corrected chi connectivity index (χ1v) is 8.93. The maximum atomic E-state index is 12.4. The highest BCUT2D eigenvalue weighted by molar-refractivity contribution is 9.10. The first kappa shape index (κ1) is 18.3. The monoisotopic (exact) mass is 382 g/mol. The molecule has 1 saturated heterocycles. The van der Waals surface area contributed by atoms with Crippen molar-refractivity contribution in [2.75, 3.05) is 13.1 Å². The van der Waals surface area contributed by atoms with Gasteiger partial charge in [0.1, 0.15) is 5.60 Å². The molecule has 0 saturated carbocycles. The number of hydrogen-bond acceptors (Lipinski definition) is 3. The summed E-state index contributed by atoms with van der Waals surface area (Å²) in [6.45, 7) is 12.4. The van der Waals surface area contributed by atoms with Crippen molar-refractivity contribution in [3.8, 4) is 0 Å². The molecule has 0 bridgehead atoms. The average Bonchev–Trinajstić information content (AvgIpc) is 2.40. The number of benzene rings is 1. The van der Waals surface area contributed by atoms with Gasteiger partial charge >= 0.3 is 6.09 Å². The molecule has 1 heterocycles. The number of rotatable bonds is 2. The van der Waals surface area contributed by atoms with Gasteiger partial charge in [-0.25, -0.2) is 4.79 Å². The van der Waals surface area contributed by atoms with Gasteiger partial charge in [0.15, 0.2) is 0 Å². The summed E-state index contributed by atoms with van der Waals surface area (Å²) in [6.07, 6.45) is -0.209. The van der Waals surface area contributed by atoms with Gasteiger partial charge in [-0.05, 0) is 52.3 Å². The van der Waals surface area contributed by atoms with Crippen molar-refractivity contribution in [2.24, 2.45) is 0 Å². The van der Waals surface area contributed by atoms with Crippen LogP contribution in [0.3, 0.4) is 0 Å². The fourth-order valence-corrected chi connectivity index (χ4v) is 3.31. The summed E-state index contributed by atoms with van der Waals surface area (Å²) in [4.78, 5) is 16.6. The van der Waals surface area contributed by atoms with Crippen molar-refractivity contribution in [2.45, 2.75) is 58.8 Å². The van der Waals surface area contributed by atoms with Crippen molar-refractivity contribution in [3.05, 3.63) is 34.3 Å². The lowest BCUT2D eigenvalue weighted by Crippen LogP contribution is -2.58. The van der Waals surface area contributed by atoms with E-state index in [2.05, 4.69) is 52.9 Å². The Morgan fingerprint density at radius 3 is 2.57 bits per heavy atom. The van der Waals surface area contributed by atoms with Gasteiger partial charge in [0.05, 0.1) is 0 Å². The molecule has 5 heteroatoms. The largest absolute Gasteiger partial charge is 0.444 e. The summed E-state index contributed by atoms with van der Waals surface area (Å²) in [5.74, 6) is 0. The van der Waals surface area contributed by atoms with E-state index in [0.717, 1.165) is 17.6 Å². The summed E-state index contributed by atoms with van der Waals surface area (Å²) < 4.78 is 6.63. The summed E-state index contributed by atoms with van der Waals surface area (Å²) in [7, 11) is 0. The quantitative estimate of drug-likeness (QED) is 0.764. The number of piperazine rings is 1. The molecule has 1 aromatic rings. The molecule has 128 valence electrons. The molecule has 1 amide bonds. The second kappa shape index (κ2) is 7.22. The first-order valence-electron chi connectivity index (χ1n) is 8.14. The van der Waals surface area contributed by atoms with Crippen LogP contribution in [0.5, 0.6) is 0 Å². The van der Waals surface area contributed by atoms with Crippen LogP contribution in [-0.4, -0.2) is 46.7 Å². The molecule has 2 unspecified atom stereocenters. The Labute approximate surface area is 147 Å². The van der Waals surface area contributed by atoms with Crippen LogP contribution in [0.4, 0.5) is 4.79 Å². The van der Waals surface area contributed by atoms with E-state index in [4.69, 9.17) is 4.74 Å². The summed E-state index contributed by atoms with van der Waals surface area (Å²) in [5.41, 5.74) is 0.831. The van der Waals surface area contributed by atoms with E-state index in [1.165, 1.54) is 5.56 Å². The second-order valence-electron chi connectivity index (χ2n) is 7.39. The number of carbonyl (C=O) groups excluding carboxylic acids is 1. The fourth-order valence-electron chi connectivity index (χ4n) is 2.86. The molecule has 0 spiro atoms. The van der Waals surface area contributed by atoms with E-state index in [0.29, 0.717) is 12.6 Å². The van der Waals surface area contributed by atoms with Crippen LogP contribution < -0.4 is 0 Å². The maximum Gasteiger partial charge on any atom is 0.410 e. The van der Waals surface area contributed by atoms with Crippen molar-refractivity contribution < 1.29 is 9.53 Å². The van der Waals surface area contributed by atoms with E-state index in [-0.39, 0.29) is 12.1 Å². The Kier molecular flexibility index (Phi) is 5.74. The lowest BCUT2D eigenvalue weighted by atomic mass is 10.1. The minimum atomic E-state index is -0.451. The third-order valence-corrected chi connectivity index (χ3v) is 4.51. The van der Waals surface area contributed by atoms with E-state index >= 15 is 0 Å². The van der Waals surface area contributed by atoms with Crippen LogP contribution in [0.15, 0.2) is 28.7 Å². The minimum Gasteiger partial charge on any atom is -0.444 e. The summed E-state index contributed by atoms with van der Waals surface area (Å²) in [5, 5.41) is 0. The lowest BCUT2D eigenvalue weighted by molar-refractivity contribution is -0.0117. The van der Waals surface area contributed by atoms with Crippen LogP contribution in [0.2, 0.25) is 0 Å². The van der Waals surface area contributed by atoms with Gasteiger partial charge < -0.3 is 9.64 Å². The third kappa shape index (κ3) is 5.21. The molecule has 0 radical (unpaired) electrons. The minimum absolute atomic E-state index is 0.146. The molecule has 1 aromatic carbocycles. The number of ether oxygens (including phenoxy) is 1. The molecular weight excluding hydrogens is 356 g/mol. The van der Waals surface area contributed by atoms with Crippen molar-refractivity contribution in [1.29, 1.82) is 0 Å². The van der Waals surface area contributed by atoms with Gasteiger partial charge in [-0.1, -0.05) is 28.1 Å². The zero-order valence-corrected chi connectivity index (χ0v) is 16.3. The Hall–Kier alpha value is -1.07. The zero-order valence-electron chi connectivity index (χ0n) is 14.7. The molecule has 2 rings (SSSR count). The van der Waals surface area contributed by atoms with Gasteiger partial charge in [-0.2, -0.15) is 0 Å². The first-order chi connectivity index (χ1) is 10.7. The van der Waals surface area contributed by atoms with Crippen molar-refractivity contribution in [1.82, 2.24) is 9.80 Å². The zero-order chi connectivity index (χ0) is 17.2. The second-order valence-corrected chi connectivity index (χ2v) is 8.31. The molecule has 4 nitrogen and oxygen atoms in total. The highest BCUT2D eigenvalue weighted by atomic mass is 79.9. The molecule has 0 aromatic heterocycles. The van der Waals surface area contributed by atoms with Crippen LogP contribution >= 0.6 is 15.9 Å². The van der Waals surface area contributed by atoms with E-state index < -0.39 is 5.60 Å². The molecule has 0 N–H and O–H groups in total. The Balaban J connectivity index is 2.00. The number of nitrogens with zero attached hydrogens (tertiary/aromatic N) is 2. The van der Waals surface area contributed by atoms with Crippen molar-refractivity contribution >= 4 is 22.0 Å². The number of hydrogen-bond donors (Lipinski definition) is 0. The van der Waals surface area contributed by atoms with Crippen LogP contribution in [0, 0.1) is 0 Å². The summed E-state index contributed by atoms with van der Waals surface area (Å²) in [6, 6.07) is 8.84. The molecule has 2 atom stereocenters. The smallest absolute Gasteiger partial charge is 0.410 e. The third-order valence-electron chi connectivity index (χ3n) is 4.02. The van der Waals surface area contributed by atoms with Crippen molar-refractivity contribution in [3.63, 3.8) is 0 Å². The lowest BCUT2D eigenvalue weighted by Gasteiger charge is -2.44. The van der Waals surface area contributed by atoms with E-state index in [1.54, 1.807) is 0 Å². The van der Waals surface area contributed by atoms with E-state index in [1.807, 2.05) is 31.7 Å². The molecule has 0 aliphatic carbocycles. The van der Waals surface area contributed by atoms with Crippen LogP contribution in [0.25, 0.3) is 0 Å². The summed E-state index contributed by atoms with van der Waals surface area (Å²) >= 11 is 3.52. The molecule has 1 fully saturated rings. The van der Waals surface area contributed by atoms with Crippen LogP contribution in [0.1, 0.15) is 40.2 Å². The average molecular weight is 383 g/mol. The Morgan fingerprint density at radius 1 is 1.26 bits per heavy atom. The molecule has 1 aliphatic heterocycles. The van der Waals surface area contributed by atoms with Crippen LogP contribution in [-0.2, 0) is 11.3 Å². The number of amides is 1. The maximum absolute atomic E-state index is 12.4. The van der Waals surface area contributed by atoms with Gasteiger partial charge in [-0.15, -0.1) is 0 Å². The highest BCUT2D eigenvalue weighted by Crippen LogP contribution is 2.21. The topological polar surface area (TPSA) is 32.8 Å². The fraction of sp³-hybridized carbons (Fsp3) is 0.611. The highest BCUT2D eigenvalue weighted by Gasteiger charge is 2.34. The Bertz CT molecular complexity index is 556. The standard InChI is InChI=1S/C18H27BrN2O2/c1-13-11-21(17(22)23-18(3,4)5)14(2)10-20(13)12-15-7-6-8-16(19)9-15/h6-9,13-14H,10-12H2,1-5H3. The van der Waals surface area contributed by atoms with Gasteiger partial charge in [0.25, 0.3) is 0 Å². The molecular formula is C18H27BrN2O2. The number of halogens is 1. The SMILES string of the molecule is CC1CN(C(=O)OC(C)(C)C)C(C)CN1Cc1cccc(Br)c1. The van der Waals surface area contributed by atoms with Gasteiger partial charge in [-0.3, -0.25) is 4.90 Å². The Morgan fingerprint density at radius 2 is 1.96 bits per heavy atom. The van der Waals surface area contributed by atoms with Gasteiger partial charge in [0, 0.05) is 36.2 Å². The van der Waals surface area contributed by atoms with Gasteiger partial charge in [0.2, 0.25) is 0 Å². The molecule has 1 aliphatic rings. The van der Waals surface area contributed by atoms with E-state index in [9.17, 15) is 4.79 Å². The predicted octanol–water partition coefficient (Wildman–Crippen LogP) is 4.28. The molecule has 23 heavy (non-hydrogen) atoms. The normalized spacial score (nSPS) is 23.0.